The van der Waals surface area contributed by atoms with Crippen LogP contribution in [-0.2, 0) is 0 Å². The van der Waals surface area contributed by atoms with E-state index in [1.165, 1.54) is 10.8 Å². The third-order valence-corrected chi connectivity index (χ3v) is 3.69. The molecule has 2 rings (SSSR count). The SMILES string of the molecule is CC(C)[C@H](CO)[C@H](N)c1ccc2ccccc2c1. The number of aliphatic hydroxyl groups is 1. The van der Waals surface area contributed by atoms with Crippen LogP contribution in [0.25, 0.3) is 10.8 Å². The van der Waals surface area contributed by atoms with Gasteiger partial charge in [0.2, 0.25) is 0 Å². The van der Waals surface area contributed by atoms with Gasteiger partial charge in [0.05, 0.1) is 0 Å². The number of aliphatic hydroxyl groups excluding tert-OH is 1. The molecular formula is C16H21NO. The van der Waals surface area contributed by atoms with Gasteiger partial charge in [0, 0.05) is 18.6 Å². The second kappa shape index (κ2) is 5.51. The molecule has 0 heterocycles. The van der Waals surface area contributed by atoms with Crippen LogP contribution in [0.2, 0.25) is 0 Å². The molecule has 0 aliphatic heterocycles. The number of hydrogen-bond acceptors (Lipinski definition) is 2. The second-order valence-corrected chi connectivity index (χ2v) is 5.22. The first-order valence-corrected chi connectivity index (χ1v) is 6.48. The van der Waals surface area contributed by atoms with Crippen LogP contribution in [0.15, 0.2) is 42.5 Å². The minimum Gasteiger partial charge on any atom is -0.396 e. The fraction of sp³-hybridized carbons (Fsp3) is 0.375. The van der Waals surface area contributed by atoms with E-state index in [-0.39, 0.29) is 18.6 Å². The number of benzene rings is 2. The smallest absolute Gasteiger partial charge is 0.0479 e. The van der Waals surface area contributed by atoms with Crippen molar-refractivity contribution in [3.8, 4) is 0 Å². The lowest BCUT2D eigenvalue weighted by molar-refractivity contribution is 0.166. The number of rotatable bonds is 4. The van der Waals surface area contributed by atoms with Gasteiger partial charge in [-0.3, -0.25) is 0 Å². The molecular weight excluding hydrogens is 222 g/mol. The van der Waals surface area contributed by atoms with Crippen LogP contribution in [0.1, 0.15) is 25.5 Å². The summed E-state index contributed by atoms with van der Waals surface area (Å²) < 4.78 is 0. The molecule has 96 valence electrons. The van der Waals surface area contributed by atoms with Crippen molar-refractivity contribution in [1.82, 2.24) is 0 Å². The molecule has 0 aliphatic rings. The number of nitrogens with two attached hydrogens (primary N) is 1. The van der Waals surface area contributed by atoms with E-state index >= 15 is 0 Å². The largest absolute Gasteiger partial charge is 0.396 e. The first-order valence-electron chi connectivity index (χ1n) is 6.48. The molecule has 3 N–H and O–H groups in total. The Hall–Kier alpha value is -1.38. The highest BCUT2D eigenvalue weighted by Crippen LogP contribution is 2.27. The Morgan fingerprint density at radius 1 is 1.06 bits per heavy atom. The van der Waals surface area contributed by atoms with Crippen molar-refractivity contribution < 1.29 is 5.11 Å². The predicted molar refractivity (Wildman–Crippen MR) is 76.3 cm³/mol. The first kappa shape index (κ1) is 13.1. The van der Waals surface area contributed by atoms with Crippen molar-refractivity contribution >= 4 is 10.8 Å². The second-order valence-electron chi connectivity index (χ2n) is 5.22. The maximum atomic E-state index is 9.46. The summed E-state index contributed by atoms with van der Waals surface area (Å²) in [7, 11) is 0. The molecule has 0 unspecified atom stereocenters. The van der Waals surface area contributed by atoms with Crippen molar-refractivity contribution in [2.24, 2.45) is 17.6 Å². The Bertz CT molecular complexity index is 521. The molecule has 2 aromatic carbocycles. The van der Waals surface area contributed by atoms with Gasteiger partial charge in [-0.1, -0.05) is 50.2 Å². The zero-order valence-corrected chi connectivity index (χ0v) is 11.0. The summed E-state index contributed by atoms with van der Waals surface area (Å²) in [4.78, 5) is 0. The minimum absolute atomic E-state index is 0.103. The topological polar surface area (TPSA) is 46.2 Å². The fourth-order valence-corrected chi connectivity index (χ4v) is 2.40. The van der Waals surface area contributed by atoms with Crippen LogP contribution in [-0.4, -0.2) is 11.7 Å². The van der Waals surface area contributed by atoms with E-state index in [0.717, 1.165) is 5.56 Å². The van der Waals surface area contributed by atoms with Gasteiger partial charge in [-0.05, 0) is 28.3 Å². The molecule has 0 bridgehead atoms. The van der Waals surface area contributed by atoms with E-state index in [2.05, 4.69) is 44.2 Å². The van der Waals surface area contributed by atoms with Gasteiger partial charge in [-0.2, -0.15) is 0 Å². The maximum Gasteiger partial charge on any atom is 0.0479 e. The van der Waals surface area contributed by atoms with Gasteiger partial charge in [0.15, 0.2) is 0 Å². The van der Waals surface area contributed by atoms with E-state index in [1.807, 2.05) is 12.1 Å². The summed E-state index contributed by atoms with van der Waals surface area (Å²) in [6.45, 7) is 4.33. The van der Waals surface area contributed by atoms with Gasteiger partial charge >= 0.3 is 0 Å². The van der Waals surface area contributed by atoms with Crippen molar-refractivity contribution in [2.75, 3.05) is 6.61 Å². The molecule has 0 amide bonds. The van der Waals surface area contributed by atoms with E-state index in [4.69, 9.17) is 5.73 Å². The highest BCUT2D eigenvalue weighted by molar-refractivity contribution is 5.83. The van der Waals surface area contributed by atoms with Crippen molar-refractivity contribution in [1.29, 1.82) is 0 Å². The molecule has 0 fully saturated rings. The van der Waals surface area contributed by atoms with Crippen LogP contribution >= 0.6 is 0 Å². The van der Waals surface area contributed by atoms with Gasteiger partial charge in [-0.15, -0.1) is 0 Å². The van der Waals surface area contributed by atoms with Crippen LogP contribution < -0.4 is 5.73 Å². The molecule has 0 saturated carbocycles. The molecule has 18 heavy (non-hydrogen) atoms. The molecule has 0 aromatic heterocycles. The maximum absolute atomic E-state index is 9.46. The van der Waals surface area contributed by atoms with E-state index in [0.29, 0.717) is 5.92 Å². The summed E-state index contributed by atoms with van der Waals surface area (Å²) in [6.07, 6.45) is 0. The van der Waals surface area contributed by atoms with Crippen LogP contribution in [0.5, 0.6) is 0 Å². The zero-order valence-electron chi connectivity index (χ0n) is 11.0. The van der Waals surface area contributed by atoms with E-state index < -0.39 is 0 Å². The quantitative estimate of drug-likeness (QED) is 0.866. The Balaban J connectivity index is 2.35. The normalized spacial score (nSPS) is 14.9. The van der Waals surface area contributed by atoms with Gasteiger partial charge in [-0.25, -0.2) is 0 Å². The third kappa shape index (κ3) is 2.55. The molecule has 2 heteroatoms. The summed E-state index contributed by atoms with van der Waals surface area (Å²) in [5.41, 5.74) is 7.38. The number of fused-ring (bicyclic) bond motifs is 1. The van der Waals surface area contributed by atoms with Crippen LogP contribution in [0, 0.1) is 11.8 Å². The van der Waals surface area contributed by atoms with Crippen molar-refractivity contribution in [2.45, 2.75) is 19.9 Å². The van der Waals surface area contributed by atoms with Gasteiger partial charge < -0.3 is 10.8 Å². The fourth-order valence-electron chi connectivity index (χ4n) is 2.40. The van der Waals surface area contributed by atoms with Crippen molar-refractivity contribution in [3.05, 3.63) is 48.0 Å². The molecule has 2 atom stereocenters. The zero-order chi connectivity index (χ0) is 13.1. The van der Waals surface area contributed by atoms with Gasteiger partial charge in [0.25, 0.3) is 0 Å². The number of hydrogen-bond donors (Lipinski definition) is 2. The van der Waals surface area contributed by atoms with Crippen molar-refractivity contribution in [3.63, 3.8) is 0 Å². The van der Waals surface area contributed by atoms with Gasteiger partial charge in [0.1, 0.15) is 0 Å². The Kier molecular flexibility index (Phi) is 4.00. The van der Waals surface area contributed by atoms with Crippen LogP contribution in [0.4, 0.5) is 0 Å². The Morgan fingerprint density at radius 3 is 2.33 bits per heavy atom. The first-order chi connectivity index (χ1) is 8.63. The summed E-state index contributed by atoms with van der Waals surface area (Å²) >= 11 is 0. The van der Waals surface area contributed by atoms with E-state index in [9.17, 15) is 5.11 Å². The molecule has 0 aliphatic carbocycles. The third-order valence-electron chi connectivity index (χ3n) is 3.69. The molecule has 0 radical (unpaired) electrons. The highest BCUT2D eigenvalue weighted by atomic mass is 16.3. The molecule has 2 nitrogen and oxygen atoms in total. The average Bonchev–Trinajstić information content (AvgIpc) is 2.38. The lowest BCUT2D eigenvalue weighted by atomic mass is 9.85. The molecule has 2 aromatic rings. The summed E-state index contributed by atoms with van der Waals surface area (Å²) in [5, 5.41) is 11.9. The summed E-state index contributed by atoms with van der Waals surface area (Å²) in [6, 6.07) is 14.4. The average molecular weight is 243 g/mol. The lowest BCUT2D eigenvalue weighted by Gasteiger charge is -2.26. The minimum atomic E-state index is -0.111. The Labute approximate surface area is 108 Å². The summed E-state index contributed by atoms with van der Waals surface area (Å²) in [5.74, 6) is 0.475. The monoisotopic (exact) mass is 243 g/mol. The van der Waals surface area contributed by atoms with E-state index in [1.54, 1.807) is 0 Å². The molecule has 0 spiro atoms. The highest BCUT2D eigenvalue weighted by Gasteiger charge is 2.22. The Morgan fingerprint density at radius 2 is 1.72 bits per heavy atom. The van der Waals surface area contributed by atoms with Crippen LogP contribution in [0.3, 0.4) is 0 Å². The standard InChI is InChI=1S/C16H21NO/c1-11(2)15(10-18)16(17)14-8-7-12-5-3-4-6-13(12)9-14/h3-9,11,15-16,18H,10,17H2,1-2H3/t15-,16+/m0/s1. The predicted octanol–water partition coefficient (Wildman–Crippen LogP) is 3.10. The lowest BCUT2D eigenvalue weighted by Crippen LogP contribution is -2.28. The molecule has 0 saturated heterocycles.